The Morgan fingerprint density at radius 1 is 1.38 bits per heavy atom. The molecule has 0 aromatic rings. The molecule has 142 valence electrons. The molecule has 26 heavy (non-hydrogen) atoms. The Bertz CT molecular complexity index is 667. The van der Waals surface area contributed by atoms with Crippen LogP contribution in [0, 0.1) is 5.92 Å². The Kier molecular flexibility index (Phi) is 5.46. The molecule has 0 bridgehead atoms. The predicted molar refractivity (Wildman–Crippen MR) is 92.0 cm³/mol. The summed E-state index contributed by atoms with van der Waals surface area (Å²) in [4.78, 5) is 38.8. The highest BCUT2D eigenvalue weighted by atomic mass is 16.6. The molecule has 7 nitrogen and oxygen atoms in total. The maximum atomic E-state index is 12.6. The van der Waals surface area contributed by atoms with E-state index in [1.54, 1.807) is 19.9 Å². The fourth-order valence-electron chi connectivity index (χ4n) is 3.92. The van der Waals surface area contributed by atoms with Gasteiger partial charge >= 0.3 is 17.9 Å². The summed E-state index contributed by atoms with van der Waals surface area (Å²) in [6, 6.07) is -0.0473. The lowest BCUT2D eigenvalue weighted by Crippen LogP contribution is -2.39. The third-order valence-electron chi connectivity index (χ3n) is 5.25. The van der Waals surface area contributed by atoms with E-state index in [0.717, 1.165) is 25.1 Å². The van der Waals surface area contributed by atoms with Gasteiger partial charge in [0.05, 0.1) is 6.04 Å². The molecule has 0 aromatic carbocycles. The highest BCUT2D eigenvalue weighted by molar-refractivity contribution is 5.89. The third kappa shape index (κ3) is 3.67. The summed E-state index contributed by atoms with van der Waals surface area (Å²) in [5.41, 5.74) is 1.41. The highest BCUT2D eigenvalue weighted by Gasteiger charge is 2.43. The summed E-state index contributed by atoms with van der Waals surface area (Å²) in [5, 5.41) is 0. The first kappa shape index (κ1) is 18.6. The third-order valence-corrected chi connectivity index (χ3v) is 5.25. The highest BCUT2D eigenvalue weighted by Crippen LogP contribution is 2.33. The van der Waals surface area contributed by atoms with Crippen molar-refractivity contribution >= 4 is 17.9 Å². The van der Waals surface area contributed by atoms with Crippen LogP contribution in [0.25, 0.3) is 0 Å². The van der Waals surface area contributed by atoms with Gasteiger partial charge in [-0.25, -0.2) is 9.59 Å². The standard InChI is InChI=1S/C19H25NO6/c1-4-13-9-11(2)17(25-12(3)21)19(23)24-10-14-5-7-20-8-6-15(16(14)20)26-18(13)22/h4-5,11,15-17H,6-10H2,1-3H3/b13-4+. The van der Waals surface area contributed by atoms with Gasteiger partial charge in [-0.15, -0.1) is 0 Å². The Hall–Kier alpha value is -2.15. The molecule has 3 aliphatic heterocycles. The lowest BCUT2D eigenvalue weighted by molar-refractivity contribution is -0.170. The number of nitrogens with zero attached hydrogens (tertiary/aromatic N) is 1. The van der Waals surface area contributed by atoms with Crippen LogP contribution in [0.5, 0.6) is 0 Å². The second kappa shape index (κ2) is 7.61. The van der Waals surface area contributed by atoms with Gasteiger partial charge < -0.3 is 14.2 Å². The first-order valence-corrected chi connectivity index (χ1v) is 9.03. The minimum absolute atomic E-state index is 0.0473. The zero-order valence-corrected chi connectivity index (χ0v) is 15.4. The van der Waals surface area contributed by atoms with Crippen LogP contribution >= 0.6 is 0 Å². The fraction of sp³-hybridized carbons (Fsp3) is 0.632. The summed E-state index contributed by atoms with van der Waals surface area (Å²) in [6.07, 6.45) is 3.47. The van der Waals surface area contributed by atoms with Gasteiger partial charge in [0, 0.05) is 31.5 Å². The normalized spacial score (nSPS) is 34.3. The van der Waals surface area contributed by atoms with Crippen molar-refractivity contribution in [2.24, 2.45) is 5.92 Å². The van der Waals surface area contributed by atoms with Crippen LogP contribution in [-0.2, 0) is 28.6 Å². The number of rotatable bonds is 1. The number of hydrogen-bond donors (Lipinski definition) is 0. The van der Waals surface area contributed by atoms with Gasteiger partial charge in [-0.05, 0) is 25.3 Å². The van der Waals surface area contributed by atoms with Crippen molar-refractivity contribution in [2.75, 3.05) is 19.7 Å². The van der Waals surface area contributed by atoms with Crippen LogP contribution in [0.15, 0.2) is 23.3 Å². The van der Waals surface area contributed by atoms with Gasteiger partial charge in [0.2, 0.25) is 6.10 Å². The summed E-state index contributed by atoms with van der Waals surface area (Å²) >= 11 is 0. The van der Waals surface area contributed by atoms with Crippen molar-refractivity contribution < 1.29 is 28.6 Å². The largest absolute Gasteiger partial charge is 0.458 e. The van der Waals surface area contributed by atoms with E-state index in [1.807, 2.05) is 6.08 Å². The van der Waals surface area contributed by atoms with Gasteiger partial charge in [0.15, 0.2) is 0 Å². The number of carbonyl (C=O) groups is 3. The van der Waals surface area contributed by atoms with Gasteiger partial charge in [-0.2, -0.15) is 0 Å². The number of esters is 3. The monoisotopic (exact) mass is 363 g/mol. The van der Waals surface area contributed by atoms with E-state index in [2.05, 4.69) is 4.90 Å². The minimum atomic E-state index is -1.05. The lowest BCUT2D eigenvalue weighted by atomic mass is 9.94. The first-order chi connectivity index (χ1) is 12.4. The smallest absolute Gasteiger partial charge is 0.348 e. The summed E-state index contributed by atoms with van der Waals surface area (Å²) < 4.78 is 16.4. The minimum Gasteiger partial charge on any atom is -0.458 e. The zero-order chi connectivity index (χ0) is 18.8. The van der Waals surface area contributed by atoms with Crippen molar-refractivity contribution in [1.29, 1.82) is 0 Å². The topological polar surface area (TPSA) is 82.1 Å². The molecule has 0 spiro atoms. The van der Waals surface area contributed by atoms with Gasteiger partial charge in [-0.3, -0.25) is 9.69 Å². The van der Waals surface area contributed by atoms with Crippen LogP contribution in [0.4, 0.5) is 0 Å². The Morgan fingerprint density at radius 2 is 2.15 bits per heavy atom. The molecular formula is C19H25NO6. The Labute approximate surface area is 152 Å². The maximum Gasteiger partial charge on any atom is 0.348 e. The molecule has 0 amide bonds. The molecule has 0 aromatic heterocycles. The van der Waals surface area contributed by atoms with Crippen LogP contribution in [0.1, 0.15) is 33.6 Å². The van der Waals surface area contributed by atoms with Crippen molar-refractivity contribution in [3.63, 3.8) is 0 Å². The number of carbonyl (C=O) groups excluding carboxylic acids is 3. The van der Waals surface area contributed by atoms with Gasteiger partial charge in [-0.1, -0.05) is 19.1 Å². The van der Waals surface area contributed by atoms with Crippen LogP contribution < -0.4 is 0 Å². The van der Waals surface area contributed by atoms with E-state index in [1.165, 1.54) is 6.92 Å². The number of allylic oxidation sites excluding steroid dienone is 1. The maximum absolute atomic E-state index is 12.6. The lowest BCUT2D eigenvalue weighted by Gasteiger charge is -2.28. The summed E-state index contributed by atoms with van der Waals surface area (Å²) in [7, 11) is 0. The molecule has 3 heterocycles. The molecule has 2 fully saturated rings. The number of ether oxygens (including phenoxy) is 3. The van der Waals surface area contributed by atoms with Crippen molar-refractivity contribution in [3.05, 3.63) is 23.3 Å². The van der Waals surface area contributed by atoms with Crippen LogP contribution in [0.3, 0.4) is 0 Å². The zero-order valence-electron chi connectivity index (χ0n) is 15.4. The molecule has 0 aliphatic carbocycles. The Balaban J connectivity index is 1.88. The van der Waals surface area contributed by atoms with Crippen LogP contribution in [-0.4, -0.2) is 60.8 Å². The molecule has 7 heteroatoms. The van der Waals surface area contributed by atoms with E-state index in [4.69, 9.17) is 14.2 Å². The van der Waals surface area contributed by atoms with Crippen molar-refractivity contribution in [3.8, 4) is 0 Å². The van der Waals surface area contributed by atoms with Crippen molar-refractivity contribution in [2.45, 2.75) is 51.9 Å². The number of cyclic esters (lactones) is 1. The predicted octanol–water partition coefficient (Wildman–Crippen LogP) is 1.37. The van der Waals surface area contributed by atoms with Crippen LogP contribution in [0.2, 0.25) is 0 Å². The van der Waals surface area contributed by atoms with Gasteiger partial charge in [0.1, 0.15) is 12.7 Å². The molecule has 0 radical (unpaired) electrons. The molecule has 3 rings (SSSR count). The number of hydrogen-bond acceptors (Lipinski definition) is 7. The first-order valence-electron chi connectivity index (χ1n) is 9.03. The fourth-order valence-corrected chi connectivity index (χ4v) is 3.92. The average molecular weight is 363 g/mol. The quantitative estimate of drug-likeness (QED) is 0.301. The van der Waals surface area contributed by atoms with E-state index < -0.39 is 24.0 Å². The van der Waals surface area contributed by atoms with E-state index in [9.17, 15) is 14.4 Å². The van der Waals surface area contributed by atoms with Crippen molar-refractivity contribution in [1.82, 2.24) is 4.90 Å². The second-order valence-corrected chi connectivity index (χ2v) is 7.08. The van der Waals surface area contributed by atoms with E-state index >= 15 is 0 Å². The van der Waals surface area contributed by atoms with Gasteiger partial charge in [0.25, 0.3) is 0 Å². The average Bonchev–Trinajstić information content (AvgIpc) is 3.17. The molecule has 3 aliphatic rings. The Morgan fingerprint density at radius 3 is 2.85 bits per heavy atom. The van der Waals surface area contributed by atoms with E-state index in [-0.39, 0.29) is 31.1 Å². The SMILES string of the molecule is C/C=C1\CC(C)C(OC(C)=O)C(=O)OCC2=CCN3CCC(OC1=O)C23. The van der Waals surface area contributed by atoms with E-state index in [0.29, 0.717) is 5.57 Å². The molecule has 0 saturated carbocycles. The molecule has 2 saturated heterocycles. The second-order valence-electron chi connectivity index (χ2n) is 7.08. The summed E-state index contributed by atoms with van der Waals surface area (Å²) in [5.74, 6) is -1.91. The molecule has 4 atom stereocenters. The molecular weight excluding hydrogens is 338 g/mol. The molecule has 0 N–H and O–H groups in total. The molecule has 4 unspecified atom stereocenters. The summed E-state index contributed by atoms with van der Waals surface area (Å²) in [6.45, 7) is 6.49.